The minimum Gasteiger partial charge on any atom is -0.494 e. The van der Waals surface area contributed by atoms with Gasteiger partial charge in [-0.05, 0) is 124 Å². The summed E-state index contributed by atoms with van der Waals surface area (Å²) in [5, 5.41) is 0. The second-order valence-corrected chi connectivity index (χ2v) is 17.1. The van der Waals surface area contributed by atoms with Gasteiger partial charge in [0.15, 0.2) is 0 Å². The van der Waals surface area contributed by atoms with Crippen LogP contribution >= 0.6 is 62.4 Å². The lowest BCUT2D eigenvalue weighted by Crippen LogP contribution is -1.96. The van der Waals surface area contributed by atoms with Gasteiger partial charge in [0.2, 0.25) is 0 Å². The molecule has 0 saturated carbocycles. The van der Waals surface area contributed by atoms with E-state index in [9.17, 15) is 0 Å². The summed E-state index contributed by atoms with van der Waals surface area (Å²) < 4.78 is 12.0. The zero-order valence-corrected chi connectivity index (χ0v) is 25.9. The Balaban J connectivity index is 1.48. The van der Waals surface area contributed by atoms with E-state index in [2.05, 4.69) is 62.4 Å². The van der Waals surface area contributed by atoms with Crippen molar-refractivity contribution in [2.75, 3.05) is 13.2 Å². The van der Waals surface area contributed by atoms with Crippen LogP contribution in [0.25, 0.3) is 20.9 Å². The number of hydrogen-bond donors (Lipinski definition) is 0. The Kier molecular flexibility index (Phi) is 12.5. The maximum atomic E-state index is 5.98. The third-order valence-corrected chi connectivity index (χ3v) is 15.9. The Bertz CT molecular complexity index is 967. The predicted octanol–water partition coefficient (Wildman–Crippen LogP) is 12.1. The maximum Gasteiger partial charge on any atom is 0.119 e. The van der Waals surface area contributed by atoms with Crippen molar-refractivity contribution >= 4 is 62.4 Å². The smallest absolute Gasteiger partial charge is 0.119 e. The quantitative estimate of drug-likeness (QED) is 0.135. The van der Waals surface area contributed by atoms with Gasteiger partial charge in [-0.1, -0.05) is 52.4 Å². The van der Waals surface area contributed by atoms with Crippen LogP contribution in [0.4, 0.5) is 0 Å². The van der Waals surface area contributed by atoms with Gasteiger partial charge in [0.25, 0.3) is 0 Å². The Hall–Kier alpha value is -0.510. The lowest BCUT2D eigenvalue weighted by molar-refractivity contribution is 0.305. The van der Waals surface area contributed by atoms with E-state index in [1.54, 1.807) is 0 Å². The Morgan fingerprint density at radius 1 is 0.528 bits per heavy atom. The van der Waals surface area contributed by atoms with E-state index in [-0.39, 0.29) is 0 Å². The molecule has 0 N–H and O–H groups in total. The van der Waals surface area contributed by atoms with Crippen LogP contribution in [0.3, 0.4) is 0 Å². The SMILES string of the molecule is CCCCCCOc1ccc(-c2sc(-c3ccc(OCCCCCC)cc3)c3c2SSSSS3)cc1. The van der Waals surface area contributed by atoms with E-state index >= 15 is 0 Å². The number of hydrogen-bond acceptors (Lipinski definition) is 8. The summed E-state index contributed by atoms with van der Waals surface area (Å²) in [5.74, 6) is 1.93. The van der Waals surface area contributed by atoms with Crippen molar-refractivity contribution in [1.29, 1.82) is 0 Å². The molecule has 0 amide bonds. The van der Waals surface area contributed by atoms with Gasteiger partial charge in [-0.15, -0.1) is 11.3 Å². The van der Waals surface area contributed by atoms with Crippen LogP contribution in [0.15, 0.2) is 58.3 Å². The molecule has 2 heterocycles. The van der Waals surface area contributed by atoms with E-state index in [0.29, 0.717) is 0 Å². The Morgan fingerprint density at radius 2 is 0.972 bits per heavy atom. The summed E-state index contributed by atoms with van der Waals surface area (Å²) in [6, 6.07) is 17.4. The molecule has 0 fully saturated rings. The highest BCUT2D eigenvalue weighted by atomic mass is 33.8. The first-order chi connectivity index (χ1) is 17.8. The first kappa shape index (κ1) is 28.5. The van der Waals surface area contributed by atoms with Crippen LogP contribution in [0.2, 0.25) is 0 Å². The molecule has 0 radical (unpaired) electrons. The summed E-state index contributed by atoms with van der Waals surface area (Å²) in [5.41, 5.74) is 2.52. The van der Waals surface area contributed by atoms with E-state index in [1.165, 1.54) is 69.2 Å². The van der Waals surface area contributed by atoms with Gasteiger partial charge in [-0.3, -0.25) is 0 Å². The zero-order valence-electron chi connectivity index (χ0n) is 21.0. The molecular weight excluding hydrogens is 561 g/mol. The number of fused-ring (bicyclic) bond motifs is 1. The molecule has 194 valence electrons. The molecule has 0 saturated heterocycles. The molecular formula is C28H34O2S6. The minimum absolute atomic E-state index is 0.800. The standard InChI is InChI=1S/C28H34O2S6/c1-3-5-7-9-19-29-23-15-11-21(12-16-23)25-27-28(33-35-36-34-32-27)26(31-25)22-13-17-24(18-14-22)30-20-10-8-6-4-2/h11-18H,3-10,19-20H2,1-2H3. The molecule has 0 spiro atoms. The number of thiophene rings is 1. The van der Waals surface area contributed by atoms with Crippen molar-refractivity contribution in [1.82, 2.24) is 0 Å². The lowest BCUT2D eigenvalue weighted by Gasteiger charge is -2.07. The van der Waals surface area contributed by atoms with E-state index in [1.807, 2.05) is 62.4 Å². The van der Waals surface area contributed by atoms with Gasteiger partial charge >= 0.3 is 0 Å². The van der Waals surface area contributed by atoms with Crippen LogP contribution in [0.5, 0.6) is 11.5 Å². The largest absolute Gasteiger partial charge is 0.494 e. The third kappa shape index (κ3) is 8.24. The lowest BCUT2D eigenvalue weighted by atomic mass is 10.1. The molecule has 8 heteroatoms. The van der Waals surface area contributed by atoms with Crippen molar-refractivity contribution < 1.29 is 9.47 Å². The van der Waals surface area contributed by atoms with Crippen molar-refractivity contribution in [2.45, 2.75) is 75.0 Å². The fourth-order valence-electron chi connectivity index (χ4n) is 3.88. The summed E-state index contributed by atoms with van der Waals surface area (Å²) in [4.78, 5) is 5.46. The first-order valence-corrected chi connectivity index (χ1v) is 19.7. The van der Waals surface area contributed by atoms with Crippen molar-refractivity contribution in [2.24, 2.45) is 0 Å². The third-order valence-electron chi connectivity index (χ3n) is 5.88. The van der Waals surface area contributed by atoms with E-state index in [0.717, 1.165) is 37.6 Å². The van der Waals surface area contributed by atoms with Crippen LogP contribution in [-0.2, 0) is 0 Å². The highest BCUT2D eigenvalue weighted by Gasteiger charge is 2.24. The first-order valence-electron chi connectivity index (χ1n) is 12.8. The molecule has 2 aromatic carbocycles. The Labute approximate surface area is 239 Å². The van der Waals surface area contributed by atoms with Gasteiger partial charge in [-0.2, -0.15) is 0 Å². The van der Waals surface area contributed by atoms with Crippen molar-refractivity contribution in [3.63, 3.8) is 0 Å². The molecule has 1 aromatic heterocycles. The average Bonchev–Trinajstić information content (AvgIpc) is 3.09. The van der Waals surface area contributed by atoms with Crippen LogP contribution in [0.1, 0.15) is 65.2 Å². The molecule has 36 heavy (non-hydrogen) atoms. The molecule has 0 aliphatic carbocycles. The monoisotopic (exact) mass is 594 g/mol. The molecule has 4 rings (SSSR count). The molecule has 1 aliphatic rings. The molecule has 0 unspecified atom stereocenters. The van der Waals surface area contributed by atoms with Crippen molar-refractivity contribution in [3.8, 4) is 32.4 Å². The summed E-state index contributed by atoms with van der Waals surface area (Å²) >= 11 is 1.90. The van der Waals surface area contributed by atoms with Crippen LogP contribution in [0, 0.1) is 0 Å². The minimum atomic E-state index is 0.800. The van der Waals surface area contributed by atoms with Gasteiger partial charge < -0.3 is 9.47 Å². The van der Waals surface area contributed by atoms with Crippen molar-refractivity contribution in [3.05, 3.63) is 48.5 Å². The van der Waals surface area contributed by atoms with Crippen LogP contribution in [-0.4, -0.2) is 13.2 Å². The van der Waals surface area contributed by atoms with E-state index < -0.39 is 0 Å². The number of benzene rings is 2. The molecule has 2 nitrogen and oxygen atoms in total. The maximum absolute atomic E-state index is 5.98. The molecule has 0 atom stereocenters. The number of unbranched alkanes of at least 4 members (excludes halogenated alkanes) is 6. The normalized spacial score (nSPS) is 13.3. The molecule has 3 aromatic rings. The fraction of sp³-hybridized carbons (Fsp3) is 0.429. The Morgan fingerprint density at radius 3 is 1.39 bits per heavy atom. The van der Waals surface area contributed by atoms with Gasteiger partial charge in [0.05, 0.1) is 32.8 Å². The number of ether oxygens (including phenoxy) is 2. The topological polar surface area (TPSA) is 18.5 Å². The summed E-state index contributed by atoms with van der Waals surface area (Å²) in [6.45, 7) is 6.08. The fourth-order valence-corrected chi connectivity index (χ4v) is 15.0. The average molecular weight is 595 g/mol. The molecule has 1 aliphatic heterocycles. The zero-order chi connectivity index (χ0) is 25.0. The highest BCUT2D eigenvalue weighted by Crippen LogP contribution is 2.65. The van der Waals surface area contributed by atoms with E-state index in [4.69, 9.17) is 9.47 Å². The second kappa shape index (κ2) is 15.8. The van der Waals surface area contributed by atoms with Gasteiger partial charge in [0.1, 0.15) is 11.5 Å². The molecule has 0 bridgehead atoms. The summed E-state index contributed by atoms with van der Waals surface area (Å²) in [6.07, 6.45) is 9.82. The van der Waals surface area contributed by atoms with Crippen LogP contribution < -0.4 is 9.47 Å². The predicted molar refractivity (Wildman–Crippen MR) is 169 cm³/mol. The van der Waals surface area contributed by atoms with Gasteiger partial charge in [0, 0.05) is 0 Å². The number of rotatable bonds is 14. The van der Waals surface area contributed by atoms with Gasteiger partial charge in [-0.25, -0.2) is 0 Å². The highest BCUT2D eigenvalue weighted by molar-refractivity contribution is 9.36. The second-order valence-electron chi connectivity index (χ2n) is 8.66. The summed E-state index contributed by atoms with van der Waals surface area (Å²) in [7, 11) is 9.31.